The summed E-state index contributed by atoms with van der Waals surface area (Å²) >= 11 is 0. The van der Waals surface area contributed by atoms with Crippen LogP contribution in [-0.2, 0) is 20.9 Å². The molecule has 29 heavy (non-hydrogen) atoms. The van der Waals surface area contributed by atoms with Crippen LogP contribution in [0.3, 0.4) is 0 Å². The number of benzene rings is 2. The minimum absolute atomic E-state index is 0.0484. The number of hydrogen-bond donors (Lipinski definition) is 1. The number of carbonyl (C=O) groups is 2. The predicted octanol–water partition coefficient (Wildman–Crippen LogP) is 3.31. The van der Waals surface area contributed by atoms with E-state index >= 15 is 0 Å². The van der Waals surface area contributed by atoms with E-state index in [-0.39, 0.29) is 23.6 Å². The number of methoxy groups -OCH3 is 1. The van der Waals surface area contributed by atoms with E-state index in [1.54, 1.807) is 6.07 Å². The normalized spacial score (nSPS) is 10.8. The molecular formula is C20H18F3NO5. The molecule has 0 aliphatic rings. The lowest BCUT2D eigenvalue weighted by molar-refractivity contribution is -0.143. The first-order valence-electron chi connectivity index (χ1n) is 8.37. The molecule has 0 atom stereocenters. The highest BCUT2D eigenvalue weighted by Gasteiger charge is 2.12. The summed E-state index contributed by atoms with van der Waals surface area (Å²) in [6.07, 6.45) is 2.25. The Balaban J connectivity index is 1.81. The van der Waals surface area contributed by atoms with Crippen molar-refractivity contribution in [2.75, 3.05) is 13.7 Å². The second-order valence-electron chi connectivity index (χ2n) is 5.60. The molecule has 0 radical (unpaired) electrons. The van der Waals surface area contributed by atoms with Crippen LogP contribution in [0.25, 0.3) is 6.08 Å². The maximum absolute atomic E-state index is 13.4. The van der Waals surface area contributed by atoms with Gasteiger partial charge in [0.05, 0.1) is 7.11 Å². The number of halogens is 3. The van der Waals surface area contributed by atoms with Crippen molar-refractivity contribution in [3.05, 3.63) is 65.5 Å². The van der Waals surface area contributed by atoms with Crippen molar-refractivity contribution >= 4 is 18.0 Å². The Hall–Kier alpha value is -3.49. The minimum Gasteiger partial charge on any atom is -0.493 e. The van der Waals surface area contributed by atoms with Gasteiger partial charge in [-0.05, 0) is 29.8 Å². The molecule has 2 aromatic rings. The van der Waals surface area contributed by atoms with Crippen LogP contribution in [-0.4, -0.2) is 32.2 Å². The van der Waals surface area contributed by atoms with E-state index in [4.69, 9.17) is 9.47 Å². The van der Waals surface area contributed by atoms with Crippen LogP contribution < -0.4 is 14.8 Å². The molecule has 0 saturated carbocycles. The molecule has 2 rings (SSSR count). The summed E-state index contributed by atoms with van der Waals surface area (Å²) in [4.78, 5) is 23.4. The number of rotatable bonds is 9. The van der Waals surface area contributed by atoms with Crippen LogP contribution in [0.4, 0.5) is 13.2 Å². The monoisotopic (exact) mass is 409 g/mol. The van der Waals surface area contributed by atoms with Crippen molar-refractivity contribution in [2.24, 2.45) is 0 Å². The molecule has 0 fully saturated rings. The second-order valence-corrected chi connectivity index (χ2v) is 5.60. The molecule has 0 aliphatic heterocycles. The molecule has 0 aromatic heterocycles. The number of nitrogens with one attached hydrogen (secondary N) is 1. The van der Waals surface area contributed by atoms with E-state index in [2.05, 4.69) is 10.1 Å². The van der Waals surface area contributed by atoms with Crippen molar-refractivity contribution in [2.45, 2.75) is 13.2 Å². The molecule has 9 heteroatoms. The summed E-state index contributed by atoms with van der Waals surface area (Å²) in [5.74, 6) is -1.92. The van der Waals surface area contributed by atoms with Crippen molar-refractivity contribution in [3.63, 3.8) is 0 Å². The number of hydrogen-bond acceptors (Lipinski definition) is 5. The van der Waals surface area contributed by atoms with E-state index in [1.807, 2.05) is 0 Å². The van der Waals surface area contributed by atoms with Gasteiger partial charge in [0.1, 0.15) is 5.82 Å². The molecule has 0 bridgehead atoms. The third-order valence-corrected chi connectivity index (χ3v) is 3.58. The third-order valence-electron chi connectivity index (χ3n) is 3.58. The van der Waals surface area contributed by atoms with Crippen LogP contribution in [0, 0.1) is 5.82 Å². The number of ether oxygens (including phenoxy) is 3. The lowest BCUT2D eigenvalue weighted by atomic mass is 10.2. The zero-order valence-corrected chi connectivity index (χ0v) is 15.4. The maximum atomic E-state index is 13.4. The molecule has 0 saturated heterocycles. The molecule has 0 spiro atoms. The minimum atomic E-state index is -2.99. The summed E-state index contributed by atoms with van der Waals surface area (Å²) in [6, 6.07) is 10.1. The Morgan fingerprint density at radius 3 is 2.59 bits per heavy atom. The Morgan fingerprint density at radius 1 is 1.14 bits per heavy atom. The van der Waals surface area contributed by atoms with Gasteiger partial charge in [-0.25, -0.2) is 9.18 Å². The average Bonchev–Trinajstić information content (AvgIpc) is 2.70. The maximum Gasteiger partial charge on any atom is 0.387 e. The van der Waals surface area contributed by atoms with Crippen molar-refractivity contribution in [1.82, 2.24) is 5.32 Å². The van der Waals surface area contributed by atoms with E-state index < -0.39 is 30.9 Å². The van der Waals surface area contributed by atoms with E-state index in [0.717, 1.165) is 6.08 Å². The standard InChI is InChI=1S/C20H18F3NO5/c1-27-17-10-13(6-8-16(17)29-20(22)23)11-24-18(25)12-28-19(26)9-7-14-4-2-3-5-15(14)21/h2-10,20H,11-12H2,1H3,(H,24,25)/b9-7+. The Morgan fingerprint density at radius 2 is 1.90 bits per heavy atom. The quantitative estimate of drug-likeness (QED) is 0.508. The summed E-state index contributed by atoms with van der Waals surface area (Å²) in [5.41, 5.74) is 0.768. The van der Waals surface area contributed by atoms with Gasteiger partial charge in [-0.2, -0.15) is 8.78 Å². The molecule has 1 amide bonds. The summed E-state index contributed by atoms with van der Waals surface area (Å²) < 4.78 is 52.1. The van der Waals surface area contributed by atoms with Crippen LogP contribution in [0.5, 0.6) is 11.5 Å². The third kappa shape index (κ3) is 7.21. The fourth-order valence-electron chi connectivity index (χ4n) is 2.22. The Bertz CT molecular complexity index is 886. The number of alkyl halides is 2. The summed E-state index contributed by atoms with van der Waals surface area (Å²) in [6.45, 7) is -3.48. The largest absolute Gasteiger partial charge is 0.493 e. The van der Waals surface area contributed by atoms with Gasteiger partial charge in [-0.3, -0.25) is 4.79 Å². The molecule has 0 heterocycles. The molecule has 0 aliphatic carbocycles. The zero-order chi connectivity index (χ0) is 21.2. The fourth-order valence-corrected chi connectivity index (χ4v) is 2.22. The number of amides is 1. The van der Waals surface area contributed by atoms with E-state index in [0.29, 0.717) is 5.56 Å². The topological polar surface area (TPSA) is 73.9 Å². The van der Waals surface area contributed by atoms with Gasteiger partial charge in [0.25, 0.3) is 5.91 Å². The van der Waals surface area contributed by atoms with Crippen molar-refractivity contribution < 1.29 is 37.0 Å². The predicted molar refractivity (Wildman–Crippen MR) is 97.9 cm³/mol. The smallest absolute Gasteiger partial charge is 0.387 e. The molecule has 154 valence electrons. The van der Waals surface area contributed by atoms with Crippen LogP contribution in [0.1, 0.15) is 11.1 Å². The summed E-state index contributed by atoms with van der Waals surface area (Å²) in [5, 5.41) is 2.50. The van der Waals surface area contributed by atoms with Crippen LogP contribution in [0.2, 0.25) is 0 Å². The van der Waals surface area contributed by atoms with Gasteiger partial charge in [-0.1, -0.05) is 24.3 Å². The van der Waals surface area contributed by atoms with Gasteiger partial charge >= 0.3 is 12.6 Å². The zero-order valence-electron chi connectivity index (χ0n) is 15.4. The van der Waals surface area contributed by atoms with Crippen LogP contribution in [0.15, 0.2) is 48.5 Å². The molecule has 0 unspecified atom stereocenters. The van der Waals surface area contributed by atoms with E-state index in [1.165, 1.54) is 49.6 Å². The molecular weight excluding hydrogens is 391 g/mol. The first kappa shape index (κ1) is 21.8. The Kier molecular flexibility index (Phi) is 8.08. The summed E-state index contributed by atoms with van der Waals surface area (Å²) in [7, 11) is 1.30. The molecule has 6 nitrogen and oxygen atoms in total. The Labute approximate surface area is 164 Å². The first-order chi connectivity index (χ1) is 13.9. The lowest BCUT2D eigenvalue weighted by Crippen LogP contribution is -2.28. The highest BCUT2D eigenvalue weighted by atomic mass is 19.3. The number of esters is 1. The van der Waals surface area contributed by atoms with Crippen LogP contribution >= 0.6 is 0 Å². The van der Waals surface area contributed by atoms with Crippen molar-refractivity contribution in [3.8, 4) is 11.5 Å². The van der Waals surface area contributed by atoms with Gasteiger partial charge in [0, 0.05) is 18.2 Å². The van der Waals surface area contributed by atoms with Crippen molar-refractivity contribution in [1.29, 1.82) is 0 Å². The SMILES string of the molecule is COc1cc(CNC(=O)COC(=O)/C=C/c2ccccc2F)ccc1OC(F)F. The lowest BCUT2D eigenvalue weighted by Gasteiger charge is -2.12. The van der Waals surface area contributed by atoms with Gasteiger partial charge in [0.15, 0.2) is 18.1 Å². The second kappa shape index (κ2) is 10.7. The molecule has 1 N–H and O–H groups in total. The average molecular weight is 409 g/mol. The van der Waals surface area contributed by atoms with Gasteiger partial charge in [-0.15, -0.1) is 0 Å². The van der Waals surface area contributed by atoms with Gasteiger partial charge in [0.2, 0.25) is 0 Å². The highest BCUT2D eigenvalue weighted by molar-refractivity contribution is 5.89. The first-order valence-corrected chi connectivity index (χ1v) is 8.37. The van der Waals surface area contributed by atoms with Gasteiger partial charge < -0.3 is 19.5 Å². The number of carbonyl (C=O) groups excluding carboxylic acids is 2. The highest BCUT2D eigenvalue weighted by Crippen LogP contribution is 2.29. The van der Waals surface area contributed by atoms with E-state index in [9.17, 15) is 22.8 Å². The molecule has 2 aromatic carbocycles. The fraction of sp³-hybridized carbons (Fsp3) is 0.200.